The molecule has 0 aliphatic carbocycles. The van der Waals surface area contributed by atoms with Gasteiger partial charge in [0.25, 0.3) is 0 Å². The van der Waals surface area contributed by atoms with Crippen LogP contribution in [0.4, 0.5) is 17.6 Å². The first-order valence-corrected chi connectivity index (χ1v) is 6.79. The number of nitrogens with zero attached hydrogens (tertiary/aromatic N) is 2. The number of nitrogens with two attached hydrogens (primary N) is 1. The quantitative estimate of drug-likeness (QED) is 0.724. The van der Waals surface area contributed by atoms with E-state index in [2.05, 4.69) is 25.8 Å². The number of hydrogen-bond acceptors (Lipinski definition) is 3. The Balaban J connectivity index is 2.59. The third-order valence-electron chi connectivity index (χ3n) is 2.53. The molecule has 0 aromatic carbocycles. The van der Waals surface area contributed by atoms with Crippen LogP contribution in [0.3, 0.4) is 0 Å². The first kappa shape index (κ1) is 17.4. The van der Waals surface area contributed by atoms with Crippen molar-refractivity contribution >= 4 is 15.9 Å². The van der Waals surface area contributed by atoms with Crippen molar-refractivity contribution in [3.8, 4) is 0 Å². The monoisotopic (exact) mass is 361 g/mol. The van der Waals surface area contributed by atoms with Gasteiger partial charge in [-0.2, -0.15) is 13.9 Å². The largest absolute Gasteiger partial charge is 0.373 e. The van der Waals surface area contributed by atoms with Gasteiger partial charge in [0, 0.05) is 6.54 Å². The molecule has 1 aromatic rings. The Labute approximate surface area is 122 Å². The number of aryl methyl sites for hydroxylation is 1. The molecule has 1 unspecified atom stereocenters. The molecular weight excluding hydrogens is 346 g/mol. The summed E-state index contributed by atoms with van der Waals surface area (Å²) < 4.78 is 56.1. The summed E-state index contributed by atoms with van der Waals surface area (Å²) in [6.07, 6.45) is -1.40. The molecule has 2 N–H and O–H groups in total. The summed E-state index contributed by atoms with van der Waals surface area (Å²) in [7, 11) is 0. The molecule has 0 radical (unpaired) electrons. The first-order chi connectivity index (χ1) is 9.29. The second-order valence-electron chi connectivity index (χ2n) is 4.28. The standard InChI is InChI=1S/C11H16BrF4N3O/c1-2-3-19-9(7(12)4-18-19)8(17)5-20-6-11(15,16)10(13)14/h4,8,10H,2-3,5-6,17H2,1H3. The van der Waals surface area contributed by atoms with Crippen molar-refractivity contribution in [1.29, 1.82) is 0 Å². The van der Waals surface area contributed by atoms with Gasteiger partial charge in [-0.25, -0.2) is 8.78 Å². The maximum Gasteiger partial charge on any atom is 0.330 e. The van der Waals surface area contributed by atoms with Crippen molar-refractivity contribution in [2.75, 3.05) is 13.2 Å². The molecule has 1 atom stereocenters. The minimum Gasteiger partial charge on any atom is -0.373 e. The lowest BCUT2D eigenvalue weighted by atomic mass is 10.2. The molecule has 0 amide bonds. The van der Waals surface area contributed by atoms with Gasteiger partial charge in [-0.15, -0.1) is 0 Å². The van der Waals surface area contributed by atoms with E-state index < -0.39 is 25.0 Å². The SMILES string of the molecule is CCCn1ncc(Br)c1C(N)COCC(F)(F)C(F)F. The summed E-state index contributed by atoms with van der Waals surface area (Å²) in [4.78, 5) is 0. The number of aromatic nitrogens is 2. The number of rotatable bonds is 8. The van der Waals surface area contributed by atoms with E-state index in [0.717, 1.165) is 6.42 Å². The lowest BCUT2D eigenvalue weighted by Crippen LogP contribution is -2.34. The number of ether oxygens (including phenoxy) is 1. The zero-order chi connectivity index (χ0) is 15.3. The Morgan fingerprint density at radius 2 is 2.15 bits per heavy atom. The fourth-order valence-electron chi connectivity index (χ4n) is 1.59. The van der Waals surface area contributed by atoms with Gasteiger partial charge in [0.1, 0.15) is 6.61 Å². The van der Waals surface area contributed by atoms with Crippen LogP contribution in [-0.4, -0.2) is 35.3 Å². The van der Waals surface area contributed by atoms with Crippen molar-refractivity contribution in [1.82, 2.24) is 9.78 Å². The average Bonchev–Trinajstić information content (AvgIpc) is 2.70. The maximum atomic E-state index is 12.7. The molecule has 4 nitrogen and oxygen atoms in total. The predicted octanol–water partition coefficient (Wildman–Crippen LogP) is 2.97. The highest BCUT2D eigenvalue weighted by Gasteiger charge is 2.41. The van der Waals surface area contributed by atoms with Crippen LogP contribution in [0.1, 0.15) is 25.1 Å². The summed E-state index contributed by atoms with van der Waals surface area (Å²) in [5, 5.41) is 4.08. The molecule has 0 spiro atoms. The summed E-state index contributed by atoms with van der Waals surface area (Å²) >= 11 is 3.26. The zero-order valence-electron chi connectivity index (χ0n) is 10.8. The van der Waals surface area contributed by atoms with Crippen LogP contribution in [-0.2, 0) is 11.3 Å². The van der Waals surface area contributed by atoms with Crippen LogP contribution >= 0.6 is 15.9 Å². The molecule has 0 fully saturated rings. The molecule has 0 saturated carbocycles. The fraction of sp³-hybridized carbons (Fsp3) is 0.727. The van der Waals surface area contributed by atoms with Crippen LogP contribution in [0.25, 0.3) is 0 Å². The van der Waals surface area contributed by atoms with Gasteiger partial charge in [-0.1, -0.05) is 6.92 Å². The zero-order valence-corrected chi connectivity index (χ0v) is 12.4. The van der Waals surface area contributed by atoms with Gasteiger partial charge in [0.05, 0.1) is 29.0 Å². The third kappa shape index (κ3) is 4.42. The van der Waals surface area contributed by atoms with Gasteiger partial charge < -0.3 is 10.5 Å². The molecule has 1 aromatic heterocycles. The first-order valence-electron chi connectivity index (χ1n) is 6.00. The summed E-state index contributed by atoms with van der Waals surface area (Å²) in [5.74, 6) is -4.17. The van der Waals surface area contributed by atoms with Gasteiger partial charge in [-0.05, 0) is 22.4 Å². The van der Waals surface area contributed by atoms with Crippen LogP contribution in [0, 0.1) is 0 Å². The van der Waals surface area contributed by atoms with Crippen LogP contribution in [0.15, 0.2) is 10.7 Å². The van der Waals surface area contributed by atoms with E-state index in [-0.39, 0.29) is 6.61 Å². The number of hydrogen-bond donors (Lipinski definition) is 1. The lowest BCUT2D eigenvalue weighted by molar-refractivity contribution is -0.166. The highest BCUT2D eigenvalue weighted by atomic mass is 79.9. The Morgan fingerprint density at radius 1 is 1.50 bits per heavy atom. The molecule has 0 aliphatic rings. The Kier molecular flexibility index (Phi) is 6.41. The predicted molar refractivity (Wildman–Crippen MR) is 68.9 cm³/mol. The molecule has 1 rings (SSSR count). The summed E-state index contributed by atoms with van der Waals surface area (Å²) in [6, 6.07) is -0.730. The van der Waals surface area contributed by atoms with Gasteiger partial charge in [0.2, 0.25) is 0 Å². The van der Waals surface area contributed by atoms with E-state index in [1.807, 2.05) is 6.92 Å². The van der Waals surface area contributed by atoms with Gasteiger partial charge in [0.15, 0.2) is 0 Å². The topological polar surface area (TPSA) is 53.1 Å². The van der Waals surface area contributed by atoms with Crippen LogP contribution in [0.5, 0.6) is 0 Å². The second kappa shape index (κ2) is 7.37. The van der Waals surface area contributed by atoms with E-state index in [1.54, 1.807) is 10.9 Å². The third-order valence-corrected chi connectivity index (χ3v) is 3.14. The number of alkyl halides is 4. The molecular formula is C11H16BrF4N3O. The summed E-state index contributed by atoms with van der Waals surface area (Å²) in [5.41, 5.74) is 6.42. The van der Waals surface area contributed by atoms with Crippen molar-refractivity contribution < 1.29 is 22.3 Å². The molecule has 0 aliphatic heterocycles. The smallest absolute Gasteiger partial charge is 0.330 e. The Morgan fingerprint density at radius 3 is 2.70 bits per heavy atom. The molecule has 0 saturated heterocycles. The molecule has 20 heavy (non-hydrogen) atoms. The minimum atomic E-state index is -4.17. The molecule has 0 bridgehead atoms. The van der Waals surface area contributed by atoms with Crippen molar-refractivity contribution in [2.24, 2.45) is 5.73 Å². The highest BCUT2D eigenvalue weighted by molar-refractivity contribution is 9.10. The van der Waals surface area contributed by atoms with Crippen molar-refractivity contribution in [3.63, 3.8) is 0 Å². The van der Waals surface area contributed by atoms with E-state index >= 15 is 0 Å². The van der Waals surface area contributed by atoms with Crippen LogP contribution in [0.2, 0.25) is 0 Å². The maximum absolute atomic E-state index is 12.7. The Bertz CT molecular complexity index is 428. The summed E-state index contributed by atoms with van der Waals surface area (Å²) in [6.45, 7) is 0.903. The van der Waals surface area contributed by atoms with E-state index in [9.17, 15) is 17.6 Å². The lowest BCUT2D eigenvalue weighted by Gasteiger charge is -2.18. The fourth-order valence-corrected chi connectivity index (χ4v) is 2.18. The second-order valence-corrected chi connectivity index (χ2v) is 5.14. The van der Waals surface area contributed by atoms with Crippen LogP contribution < -0.4 is 5.73 Å². The van der Waals surface area contributed by atoms with E-state index in [0.29, 0.717) is 16.7 Å². The normalized spacial score (nSPS) is 14.0. The molecule has 116 valence electrons. The molecule has 1 heterocycles. The van der Waals surface area contributed by atoms with Gasteiger partial charge >= 0.3 is 12.3 Å². The van der Waals surface area contributed by atoms with Gasteiger partial charge in [-0.3, -0.25) is 4.68 Å². The van der Waals surface area contributed by atoms with Crippen molar-refractivity contribution in [3.05, 3.63) is 16.4 Å². The number of halogens is 5. The highest BCUT2D eigenvalue weighted by Crippen LogP contribution is 2.25. The molecule has 9 heteroatoms. The van der Waals surface area contributed by atoms with E-state index in [1.165, 1.54) is 0 Å². The Hall–Kier alpha value is -0.670. The average molecular weight is 362 g/mol. The minimum absolute atomic E-state index is 0.295. The van der Waals surface area contributed by atoms with Crippen molar-refractivity contribution in [2.45, 2.75) is 38.3 Å². The van der Waals surface area contributed by atoms with E-state index in [4.69, 9.17) is 5.73 Å².